The third-order valence-electron chi connectivity index (χ3n) is 3.95. The first kappa shape index (κ1) is 16.6. The van der Waals surface area contributed by atoms with Crippen LogP contribution < -0.4 is 4.90 Å². The summed E-state index contributed by atoms with van der Waals surface area (Å²) in [6, 6.07) is 13.1. The van der Waals surface area contributed by atoms with E-state index in [1.54, 1.807) is 12.3 Å². The number of benzene rings is 2. The van der Waals surface area contributed by atoms with E-state index in [0.717, 1.165) is 30.0 Å². The van der Waals surface area contributed by atoms with Gasteiger partial charge in [0.1, 0.15) is 5.75 Å². The fraction of sp³-hybridized carbons (Fsp3) is 0.222. The Morgan fingerprint density at radius 3 is 2.68 bits per heavy atom. The number of phenols is 1. The second-order valence-corrected chi connectivity index (χ2v) is 5.46. The van der Waals surface area contributed by atoms with E-state index >= 15 is 0 Å². The number of hydrogen-bond acceptors (Lipinski definition) is 6. The third-order valence-corrected chi connectivity index (χ3v) is 3.95. The maximum atomic E-state index is 10.3. The number of aromatic hydroxyl groups is 1. The van der Waals surface area contributed by atoms with Crippen molar-refractivity contribution in [2.45, 2.75) is 13.8 Å². The molecule has 2 N–H and O–H groups in total. The Bertz CT molecular complexity index is 856. The van der Waals surface area contributed by atoms with Gasteiger partial charge in [0.25, 0.3) is 0 Å². The summed E-state index contributed by atoms with van der Waals surface area (Å²) in [6.07, 6.45) is 1.65. The average Bonchev–Trinajstić information content (AvgIpc) is 3.17. The number of aliphatic imine (C=N–C) groups is 1. The smallest absolute Gasteiger partial charge is 0.204 e. The van der Waals surface area contributed by atoms with Gasteiger partial charge in [-0.3, -0.25) is 4.99 Å². The fourth-order valence-corrected chi connectivity index (χ4v) is 2.58. The van der Waals surface area contributed by atoms with Crippen molar-refractivity contribution < 1.29 is 5.11 Å². The van der Waals surface area contributed by atoms with Crippen LogP contribution >= 0.6 is 0 Å². The molecule has 7 nitrogen and oxygen atoms in total. The number of phenolic OH excluding ortho intramolecular Hbond substituents is 1. The van der Waals surface area contributed by atoms with Crippen molar-refractivity contribution in [1.29, 1.82) is 0 Å². The van der Waals surface area contributed by atoms with Gasteiger partial charge in [-0.25, -0.2) is 0 Å². The Balaban J connectivity index is 1.81. The lowest BCUT2D eigenvalue weighted by Gasteiger charge is -2.21. The number of aromatic nitrogens is 4. The molecule has 7 heteroatoms. The Hall–Kier alpha value is -3.22. The van der Waals surface area contributed by atoms with Crippen molar-refractivity contribution in [2.75, 3.05) is 18.0 Å². The molecule has 0 amide bonds. The highest BCUT2D eigenvalue weighted by Crippen LogP contribution is 2.25. The van der Waals surface area contributed by atoms with Crippen LogP contribution in [0.25, 0.3) is 11.4 Å². The standard InChI is InChI=1S/C18H20N6O/c1-3-24(4-2)16-9-8-14(17(25)11-16)12-19-15-7-5-6-13(10-15)18-20-22-23-21-18/h5-12,25H,3-4H2,1-2H3,(H,20,21,22,23). The van der Waals surface area contributed by atoms with Gasteiger partial charge in [-0.15, -0.1) is 10.2 Å². The molecule has 0 aliphatic carbocycles. The monoisotopic (exact) mass is 336 g/mol. The first-order valence-electron chi connectivity index (χ1n) is 8.17. The SMILES string of the molecule is CCN(CC)c1ccc(C=Nc2cccc(-c3nn[nH]n3)c2)c(O)c1. The molecular weight excluding hydrogens is 316 g/mol. The van der Waals surface area contributed by atoms with Gasteiger partial charge in [0.05, 0.1) is 5.69 Å². The van der Waals surface area contributed by atoms with Gasteiger partial charge < -0.3 is 10.0 Å². The Morgan fingerprint density at radius 1 is 1.16 bits per heavy atom. The van der Waals surface area contributed by atoms with Crippen molar-refractivity contribution in [1.82, 2.24) is 20.6 Å². The van der Waals surface area contributed by atoms with Crippen LogP contribution in [0.4, 0.5) is 11.4 Å². The van der Waals surface area contributed by atoms with E-state index in [1.165, 1.54) is 0 Å². The number of nitrogens with zero attached hydrogens (tertiary/aromatic N) is 5. The summed E-state index contributed by atoms with van der Waals surface area (Å²) in [5.41, 5.74) is 3.23. The van der Waals surface area contributed by atoms with Crippen LogP contribution in [0.5, 0.6) is 5.75 Å². The largest absolute Gasteiger partial charge is 0.507 e. The molecule has 0 unspecified atom stereocenters. The van der Waals surface area contributed by atoms with Gasteiger partial charge in [0.2, 0.25) is 5.82 Å². The average molecular weight is 336 g/mol. The maximum Gasteiger partial charge on any atom is 0.204 e. The Labute approximate surface area is 146 Å². The van der Waals surface area contributed by atoms with Crippen LogP contribution in [0.15, 0.2) is 47.5 Å². The summed E-state index contributed by atoms with van der Waals surface area (Å²) in [5, 5.41) is 24.2. The quantitative estimate of drug-likeness (QED) is 0.675. The summed E-state index contributed by atoms with van der Waals surface area (Å²) >= 11 is 0. The number of hydrogen-bond donors (Lipinski definition) is 2. The van der Waals surface area contributed by atoms with Crippen LogP contribution in [-0.2, 0) is 0 Å². The van der Waals surface area contributed by atoms with Gasteiger partial charge in [-0.05, 0) is 43.3 Å². The number of anilines is 1. The molecule has 0 aliphatic rings. The number of rotatable bonds is 6. The van der Waals surface area contributed by atoms with Crippen molar-refractivity contribution in [2.24, 2.45) is 4.99 Å². The second-order valence-electron chi connectivity index (χ2n) is 5.46. The molecule has 0 bridgehead atoms. The molecule has 25 heavy (non-hydrogen) atoms. The van der Waals surface area contributed by atoms with E-state index in [9.17, 15) is 5.11 Å². The van der Waals surface area contributed by atoms with Gasteiger partial charge in [-0.2, -0.15) is 5.21 Å². The van der Waals surface area contributed by atoms with E-state index < -0.39 is 0 Å². The summed E-state index contributed by atoms with van der Waals surface area (Å²) in [4.78, 5) is 6.61. The zero-order valence-corrected chi connectivity index (χ0v) is 14.2. The molecule has 0 spiro atoms. The zero-order chi connectivity index (χ0) is 17.6. The molecule has 3 aromatic rings. The maximum absolute atomic E-state index is 10.3. The lowest BCUT2D eigenvalue weighted by Crippen LogP contribution is -2.21. The number of H-pyrrole nitrogens is 1. The van der Waals surface area contributed by atoms with Gasteiger partial charge >= 0.3 is 0 Å². The molecule has 0 saturated heterocycles. The van der Waals surface area contributed by atoms with Crippen LogP contribution in [0.2, 0.25) is 0 Å². The zero-order valence-electron chi connectivity index (χ0n) is 14.2. The molecule has 0 fully saturated rings. The van der Waals surface area contributed by atoms with Crippen LogP contribution in [0.1, 0.15) is 19.4 Å². The van der Waals surface area contributed by atoms with Crippen LogP contribution in [0, 0.1) is 0 Å². The van der Waals surface area contributed by atoms with Gasteiger partial charge in [0.15, 0.2) is 0 Å². The number of aromatic amines is 1. The Kier molecular flexibility index (Phi) is 5.03. The minimum Gasteiger partial charge on any atom is -0.507 e. The molecule has 2 aromatic carbocycles. The highest BCUT2D eigenvalue weighted by atomic mass is 16.3. The Morgan fingerprint density at radius 2 is 2.00 bits per heavy atom. The highest BCUT2D eigenvalue weighted by Gasteiger charge is 2.06. The second kappa shape index (κ2) is 7.57. The molecule has 0 saturated carbocycles. The van der Waals surface area contributed by atoms with Crippen molar-refractivity contribution >= 4 is 17.6 Å². The van der Waals surface area contributed by atoms with Crippen LogP contribution in [0.3, 0.4) is 0 Å². The topological polar surface area (TPSA) is 90.3 Å². The van der Waals surface area contributed by atoms with E-state index in [-0.39, 0.29) is 5.75 Å². The number of nitrogens with one attached hydrogen (secondary N) is 1. The van der Waals surface area contributed by atoms with Gasteiger partial charge in [-0.1, -0.05) is 12.1 Å². The molecule has 1 aromatic heterocycles. The minimum atomic E-state index is 0.211. The van der Waals surface area contributed by atoms with E-state index in [4.69, 9.17) is 0 Å². The van der Waals surface area contributed by atoms with E-state index in [1.807, 2.05) is 36.4 Å². The predicted octanol–water partition coefficient (Wildman–Crippen LogP) is 3.17. The first-order valence-corrected chi connectivity index (χ1v) is 8.17. The van der Waals surface area contributed by atoms with Crippen molar-refractivity contribution in [3.8, 4) is 17.1 Å². The lowest BCUT2D eigenvalue weighted by atomic mass is 10.1. The number of tetrazole rings is 1. The molecule has 1 heterocycles. The summed E-state index contributed by atoms with van der Waals surface area (Å²) in [6.45, 7) is 5.97. The summed E-state index contributed by atoms with van der Waals surface area (Å²) in [7, 11) is 0. The summed E-state index contributed by atoms with van der Waals surface area (Å²) < 4.78 is 0. The molecule has 0 aliphatic heterocycles. The molecule has 3 rings (SSSR count). The lowest BCUT2D eigenvalue weighted by molar-refractivity contribution is 0.474. The first-order chi connectivity index (χ1) is 12.2. The van der Waals surface area contributed by atoms with E-state index in [2.05, 4.69) is 44.4 Å². The minimum absolute atomic E-state index is 0.211. The molecular formula is C18H20N6O. The van der Waals surface area contributed by atoms with Crippen molar-refractivity contribution in [3.63, 3.8) is 0 Å². The molecule has 0 atom stereocenters. The van der Waals surface area contributed by atoms with Crippen molar-refractivity contribution in [3.05, 3.63) is 48.0 Å². The normalized spacial score (nSPS) is 11.1. The summed E-state index contributed by atoms with van der Waals surface area (Å²) in [5.74, 6) is 0.728. The highest BCUT2D eigenvalue weighted by molar-refractivity contribution is 5.86. The third kappa shape index (κ3) is 3.82. The fourth-order valence-electron chi connectivity index (χ4n) is 2.58. The molecule has 128 valence electrons. The molecule has 0 radical (unpaired) electrons. The predicted molar refractivity (Wildman–Crippen MR) is 98.5 cm³/mol. The van der Waals surface area contributed by atoms with Gasteiger partial charge in [0, 0.05) is 42.2 Å². The van der Waals surface area contributed by atoms with E-state index in [0.29, 0.717) is 11.4 Å². The van der Waals surface area contributed by atoms with Crippen LogP contribution in [-0.4, -0.2) is 45.0 Å².